The van der Waals surface area contributed by atoms with E-state index in [0.717, 1.165) is 38.5 Å². The summed E-state index contributed by atoms with van der Waals surface area (Å²) >= 11 is 0. The molecule has 1 unspecified atom stereocenters. The highest BCUT2D eigenvalue weighted by atomic mass is 16.1. The van der Waals surface area contributed by atoms with Gasteiger partial charge in [0.2, 0.25) is 5.91 Å². The summed E-state index contributed by atoms with van der Waals surface area (Å²) in [7, 11) is 0. The molecule has 0 saturated heterocycles. The first-order valence-corrected chi connectivity index (χ1v) is 9.05. The fraction of sp³-hybridized carbons (Fsp3) is 0.591. The van der Waals surface area contributed by atoms with Crippen molar-refractivity contribution in [2.75, 3.05) is 0 Å². The Balaban J connectivity index is 4.21. The van der Waals surface area contributed by atoms with Crippen molar-refractivity contribution in [3.8, 4) is 0 Å². The average molecular weight is 332 g/mol. The van der Waals surface area contributed by atoms with Crippen LogP contribution in [0.4, 0.5) is 0 Å². The lowest BCUT2D eigenvalue weighted by atomic mass is 9.94. The van der Waals surface area contributed by atoms with E-state index in [0.29, 0.717) is 0 Å². The number of amides is 1. The second-order valence-corrected chi connectivity index (χ2v) is 7.30. The molecule has 1 amide bonds. The molecule has 0 spiro atoms. The number of rotatable bonds is 11. The Labute approximate surface area is 149 Å². The minimum atomic E-state index is -0.315. The quantitative estimate of drug-likeness (QED) is 0.444. The van der Waals surface area contributed by atoms with E-state index in [1.54, 1.807) is 6.92 Å². The highest BCUT2D eigenvalue weighted by Gasteiger charge is 2.19. The first kappa shape index (κ1) is 22.4. The van der Waals surface area contributed by atoms with E-state index in [1.165, 1.54) is 16.7 Å². The van der Waals surface area contributed by atoms with Crippen LogP contribution < -0.4 is 5.32 Å². The van der Waals surface area contributed by atoms with Crippen LogP contribution in [0.25, 0.3) is 0 Å². The van der Waals surface area contributed by atoms with Crippen LogP contribution in [0, 0.1) is 0 Å². The monoisotopic (exact) mass is 331 g/mol. The van der Waals surface area contributed by atoms with Crippen molar-refractivity contribution in [3.05, 3.63) is 47.6 Å². The second kappa shape index (κ2) is 11.9. The van der Waals surface area contributed by atoms with E-state index >= 15 is 0 Å². The lowest BCUT2D eigenvalue weighted by molar-refractivity contribution is -0.120. The zero-order chi connectivity index (χ0) is 18.6. The summed E-state index contributed by atoms with van der Waals surface area (Å²) in [6.45, 7) is 16.1. The van der Waals surface area contributed by atoms with Gasteiger partial charge in [0.1, 0.15) is 0 Å². The Morgan fingerprint density at radius 2 is 1.42 bits per heavy atom. The van der Waals surface area contributed by atoms with Gasteiger partial charge in [-0.2, -0.15) is 0 Å². The summed E-state index contributed by atoms with van der Waals surface area (Å²) in [4.78, 5) is 11.2. The summed E-state index contributed by atoms with van der Waals surface area (Å²) in [5.41, 5.74) is 3.97. The molecule has 24 heavy (non-hydrogen) atoms. The molecule has 0 bridgehead atoms. The van der Waals surface area contributed by atoms with Gasteiger partial charge in [-0.1, -0.05) is 41.0 Å². The molecule has 1 atom stereocenters. The number of carbonyl (C=O) groups is 1. The molecule has 0 aliphatic carbocycles. The number of nitrogens with one attached hydrogen (secondary N) is 1. The Morgan fingerprint density at radius 3 is 1.88 bits per heavy atom. The highest BCUT2D eigenvalue weighted by Crippen LogP contribution is 2.17. The van der Waals surface area contributed by atoms with Gasteiger partial charge in [-0.05, 0) is 73.1 Å². The van der Waals surface area contributed by atoms with E-state index in [9.17, 15) is 4.79 Å². The van der Waals surface area contributed by atoms with Crippen LogP contribution >= 0.6 is 0 Å². The van der Waals surface area contributed by atoms with Crippen molar-refractivity contribution >= 4 is 5.91 Å². The lowest BCUT2D eigenvalue weighted by Crippen LogP contribution is -2.42. The average Bonchev–Trinajstić information content (AvgIpc) is 2.46. The molecule has 0 aliphatic heterocycles. The Morgan fingerprint density at radius 1 is 0.917 bits per heavy atom. The van der Waals surface area contributed by atoms with Gasteiger partial charge in [-0.3, -0.25) is 4.79 Å². The van der Waals surface area contributed by atoms with Gasteiger partial charge in [0, 0.05) is 6.92 Å². The van der Waals surface area contributed by atoms with E-state index in [1.807, 2.05) is 13.0 Å². The van der Waals surface area contributed by atoms with Crippen molar-refractivity contribution in [3.63, 3.8) is 0 Å². The molecule has 0 radical (unpaired) electrons. The van der Waals surface area contributed by atoms with Crippen LogP contribution in [-0.2, 0) is 4.79 Å². The van der Waals surface area contributed by atoms with Gasteiger partial charge >= 0.3 is 0 Å². The minimum absolute atomic E-state index is 0.00757. The lowest BCUT2D eigenvalue weighted by Gasteiger charge is -2.26. The maximum absolute atomic E-state index is 11.2. The van der Waals surface area contributed by atoms with Crippen molar-refractivity contribution in [2.45, 2.75) is 85.6 Å². The van der Waals surface area contributed by atoms with Crippen molar-refractivity contribution < 1.29 is 4.79 Å². The van der Waals surface area contributed by atoms with E-state index in [2.05, 4.69) is 57.8 Å². The van der Waals surface area contributed by atoms with Gasteiger partial charge in [0.05, 0.1) is 5.54 Å². The molecule has 0 saturated carbocycles. The topological polar surface area (TPSA) is 29.1 Å². The number of carbonyl (C=O) groups excluding carboxylic acids is 1. The van der Waals surface area contributed by atoms with E-state index in [-0.39, 0.29) is 11.4 Å². The van der Waals surface area contributed by atoms with Crippen LogP contribution in [0.3, 0.4) is 0 Å². The van der Waals surface area contributed by atoms with Crippen molar-refractivity contribution in [1.82, 2.24) is 5.32 Å². The summed E-state index contributed by atoms with van der Waals surface area (Å²) in [6.07, 6.45) is 15.1. The summed E-state index contributed by atoms with van der Waals surface area (Å²) in [5, 5.41) is 2.96. The standard InChI is InChI=1S/C22H37NO/c1-8-22(7,23-21(6)24)17-11-16-20(5)15-10-14-19(4)13-9-12-18(2)3/h8,12,14,16H,1,9-11,13,15,17H2,2-7H3,(H,23,24)/b19-14+,20-16+. The minimum Gasteiger partial charge on any atom is -0.348 e. The Kier molecular flexibility index (Phi) is 11.1. The number of hydrogen-bond donors (Lipinski definition) is 1. The second-order valence-electron chi connectivity index (χ2n) is 7.30. The zero-order valence-electron chi connectivity index (χ0n) is 16.7. The summed E-state index contributed by atoms with van der Waals surface area (Å²) < 4.78 is 0. The third-order valence-electron chi connectivity index (χ3n) is 4.19. The zero-order valence-corrected chi connectivity index (χ0v) is 16.7. The molecule has 2 nitrogen and oxygen atoms in total. The molecule has 0 aliphatic rings. The molecule has 2 heteroatoms. The summed E-state index contributed by atoms with van der Waals surface area (Å²) in [5.74, 6) is -0.00757. The molecule has 0 fully saturated rings. The van der Waals surface area contributed by atoms with Gasteiger partial charge in [-0.25, -0.2) is 0 Å². The van der Waals surface area contributed by atoms with Gasteiger partial charge in [0.15, 0.2) is 0 Å². The van der Waals surface area contributed by atoms with Crippen LogP contribution in [0.15, 0.2) is 47.6 Å². The Bertz CT molecular complexity index is 492. The van der Waals surface area contributed by atoms with Gasteiger partial charge in [-0.15, -0.1) is 6.58 Å². The van der Waals surface area contributed by atoms with Gasteiger partial charge in [0.25, 0.3) is 0 Å². The molecular formula is C22H37NO. The highest BCUT2D eigenvalue weighted by molar-refractivity contribution is 5.74. The van der Waals surface area contributed by atoms with Crippen LogP contribution in [0.2, 0.25) is 0 Å². The molecular weight excluding hydrogens is 294 g/mol. The number of hydrogen-bond acceptors (Lipinski definition) is 1. The normalized spacial score (nSPS) is 14.8. The molecule has 136 valence electrons. The maximum Gasteiger partial charge on any atom is 0.217 e. The third kappa shape index (κ3) is 11.9. The van der Waals surface area contributed by atoms with Crippen molar-refractivity contribution in [2.24, 2.45) is 0 Å². The summed E-state index contributed by atoms with van der Waals surface area (Å²) in [6, 6.07) is 0. The van der Waals surface area contributed by atoms with Crippen LogP contribution in [0.5, 0.6) is 0 Å². The molecule has 1 N–H and O–H groups in total. The van der Waals surface area contributed by atoms with Crippen LogP contribution in [-0.4, -0.2) is 11.4 Å². The smallest absolute Gasteiger partial charge is 0.217 e. The SMILES string of the molecule is C=CC(C)(CC/C=C(\C)CC/C=C(\C)CCC=C(C)C)NC(C)=O. The first-order chi connectivity index (χ1) is 11.2. The molecule has 0 heterocycles. The fourth-order valence-corrected chi connectivity index (χ4v) is 2.58. The van der Waals surface area contributed by atoms with E-state index < -0.39 is 0 Å². The van der Waals surface area contributed by atoms with E-state index in [4.69, 9.17) is 0 Å². The largest absolute Gasteiger partial charge is 0.348 e. The predicted molar refractivity (Wildman–Crippen MR) is 107 cm³/mol. The molecule has 0 aromatic heterocycles. The van der Waals surface area contributed by atoms with Crippen molar-refractivity contribution in [1.29, 1.82) is 0 Å². The maximum atomic E-state index is 11.2. The van der Waals surface area contributed by atoms with Gasteiger partial charge < -0.3 is 5.32 Å². The van der Waals surface area contributed by atoms with Crippen LogP contribution in [0.1, 0.15) is 80.1 Å². The predicted octanol–water partition coefficient (Wildman–Crippen LogP) is 6.27. The molecule has 0 rings (SSSR count). The molecule has 0 aromatic carbocycles. The number of allylic oxidation sites excluding steroid dienone is 6. The fourth-order valence-electron chi connectivity index (χ4n) is 2.58. The Hall–Kier alpha value is -1.57. The molecule has 0 aromatic rings. The first-order valence-electron chi connectivity index (χ1n) is 9.05. The third-order valence-corrected chi connectivity index (χ3v) is 4.19.